The van der Waals surface area contributed by atoms with Gasteiger partial charge in [-0.15, -0.1) is 0 Å². The van der Waals surface area contributed by atoms with Gasteiger partial charge in [-0.05, 0) is 17.7 Å². The zero-order chi connectivity index (χ0) is 13.4. The van der Waals surface area contributed by atoms with Gasteiger partial charge in [0.1, 0.15) is 5.52 Å². The summed E-state index contributed by atoms with van der Waals surface area (Å²) in [5.74, 6) is 0. The molecular formula is C12H9Cl2N5. The molecule has 0 amide bonds. The molecule has 0 atom stereocenters. The number of rotatable bonds is 2. The fourth-order valence-electron chi connectivity index (χ4n) is 1.87. The molecule has 0 unspecified atom stereocenters. The first-order chi connectivity index (χ1) is 9.15. The van der Waals surface area contributed by atoms with Crippen molar-refractivity contribution in [2.75, 3.05) is 0 Å². The van der Waals surface area contributed by atoms with Crippen LogP contribution in [-0.2, 0) is 6.54 Å². The van der Waals surface area contributed by atoms with Crippen LogP contribution in [0.2, 0.25) is 10.0 Å². The number of H-pyrrole nitrogens is 1. The van der Waals surface area contributed by atoms with Crippen LogP contribution in [-0.4, -0.2) is 19.5 Å². The van der Waals surface area contributed by atoms with E-state index in [0.29, 0.717) is 27.8 Å². The van der Waals surface area contributed by atoms with E-state index in [2.05, 4.69) is 15.0 Å². The van der Waals surface area contributed by atoms with Gasteiger partial charge in [-0.1, -0.05) is 29.3 Å². The number of fused-ring (bicyclic) bond motifs is 1. The van der Waals surface area contributed by atoms with Crippen LogP contribution in [0.25, 0.3) is 11.2 Å². The second-order valence-corrected chi connectivity index (χ2v) is 4.90. The van der Waals surface area contributed by atoms with E-state index in [4.69, 9.17) is 28.6 Å². The fourth-order valence-corrected chi connectivity index (χ4v) is 2.34. The molecule has 0 radical (unpaired) electrons. The molecule has 1 aromatic carbocycles. The normalized spacial score (nSPS) is 11.1. The van der Waals surface area contributed by atoms with Crippen LogP contribution >= 0.6 is 23.2 Å². The largest absolute Gasteiger partial charge is 0.340 e. The third kappa shape index (κ3) is 2.22. The van der Waals surface area contributed by atoms with Crippen molar-refractivity contribution in [1.82, 2.24) is 19.5 Å². The maximum atomic E-state index is 7.69. The topological polar surface area (TPSA) is 70.3 Å². The minimum absolute atomic E-state index is 0.172. The number of hydrogen-bond donors (Lipinski definition) is 2. The highest BCUT2D eigenvalue weighted by Crippen LogP contribution is 2.22. The number of aromatic amines is 1. The number of nitrogens with zero attached hydrogens (tertiary/aromatic N) is 3. The smallest absolute Gasteiger partial charge is 0.173 e. The van der Waals surface area contributed by atoms with E-state index < -0.39 is 0 Å². The second-order valence-electron chi connectivity index (χ2n) is 4.06. The molecule has 3 aromatic rings. The van der Waals surface area contributed by atoms with Crippen LogP contribution in [0.1, 0.15) is 5.56 Å². The van der Waals surface area contributed by atoms with Gasteiger partial charge in [0.2, 0.25) is 0 Å². The maximum Gasteiger partial charge on any atom is 0.173 e. The van der Waals surface area contributed by atoms with Crippen LogP contribution in [0.4, 0.5) is 0 Å². The van der Waals surface area contributed by atoms with Gasteiger partial charge in [0, 0.05) is 10.0 Å². The summed E-state index contributed by atoms with van der Waals surface area (Å²) in [6.07, 6.45) is 3.13. The van der Waals surface area contributed by atoms with Crippen LogP contribution in [0.3, 0.4) is 0 Å². The van der Waals surface area contributed by atoms with E-state index in [0.717, 1.165) is 5.56 Å². The zero-order valence-corrected chi connectivity index (χ0v) is 11.2. The lowest BCUT2D eigenvalue weighted by Crippen LogP contribution is -2.13. The van der Waals surface area contributed by atoms with Gasteiger partial charge < -0.3 is 9.55 Å². The summed E-state index contributed by atoms with van der Waals surface area (Å²) in [4.78, 5) is 11.1. The number of halogens is 2. The van der Waals surface area contributed by atoms with Crippen LogP contribution in [0.5, 0.6) is 0 Å². The molecule has 0 spiro atoms. The molecular weight excluding hydrogens is 285 g/mol. The quantitative estimate of drug-likeness (QED) is 0.762. The second kappa shape index (κ2) is 4.68. The molecule has 0 saturated carbocycles. The Labute approximate surface area is 118 Å². The van der Waals surface area contributed by atoms with Crippen molar-refractivity contribution in [3.05, 3.63) is 52.0 Å². The average Bonchev–Trinajstić information content (AvgIpc) is 2.86. The lowest BCUT2D eigenvalue weighted by molar-refractivity contribution is 0.784. The van der Waals surface area contributed by atoms with Crippen molar-refractivity contribution in [1.29, 1.82) is 5.41 Å². The molecule has 3 rings (SSSR count). The van der Waals surface area contributed by atoms with E-state index in [1.165, 1.54) is 0 Å². The summed E-state index contributed by atoms with van der Waals surface area (Å²) in [6.45, 7) is 0.518. The summed E-state index contributed by atoms with van der Waals surface area (Å²) < 4.78 is 1.83. The van der Waals surface area contributed by atoms with Crippen molar-refractivity contribution in [3.63, 3.8) is 0 Å². The Hall–Kier alpha value is -1.85. The van der Waals surface area contributed by atoms with Gasteiger partial charge in [-0.25, -0.2) is 9.97 Å². The van der Waals surface area contributed by atoms with Gasteiger partial charge in [-0.2, -0.15) is 0 Å². The van der Waals surface area contributed by atoms with Gasteiger partial charge >= 0.3 is 0 Å². The van der Waals surface area contributed by atoms with Crippen LogP contribution in [0, 0.1) is 5.41 Å². The predicted molar refractivity (Wildman–Crippen MR) is 73.3 cm³/mol. The highest BCUT2D eigenvalue weighted by atomic mass is 35.5. The van der Waals surface area contributed by atoms with Crippen molar-refractivity contribution >= 4 is 34.4 Å². The summed E-state index contributed by atoms with van der Waals surface area (Å²) in [6, 6.07) is 5.36. The molecule has 2 heterocycles. The zero-order valence-electron chi connectivity index (χ0n) is 9.69. The van der Waals surface area contributed by atoms with E-state index in [1.54, 1.807) is 24.8 Å². The van der Waals surface area contributed by atoms with Crippen molar-refractivity contribution < 1.29 is 0 Å². The minimum atomic E-state index is 0.172. The summed E-state index contributed by atoms with van der Waals surface area (Å²) in [7, 11) is 0. The Kier molecular flexibility index (Phi) is 3.00. The van der Waals surface area contributed by atoms with Crippen molar-refractivity contribution in [3.8, 4) is 0 Å². The fraction of sp³-hybridized carbons (Fsp3) is 0.0833. The number of nitrogens with one attached hydrogen (secondary N) is 2. The van der Waals surface area contributed by atoms with E-state index >= 15 is 0 Å². The SMILES string of the molecule is N=c1ncn(Cc2ccc(Cl)cc2Cl)c2nc[nH]c12. The number of imidazole rings is 1. The lowest BCUT2D eigenvalue weighted by Gasteiger charge is -2.09. The number of hydrogen-bond acceptors (Lipinski definition) is 3. The molecule has 2 N–H and O–H groups in total. The third-order valence-electron chi connectivity index (χ3n) is 2.81. The number of aromatic nitrogens is 4. The molecule has 0 fully saturated rings. The summed E-state index contributed by atoms with van der Waals surface area (Å²) >= 11 is 12.0. The molecule has 2 aromatic heterocycles. The van der Waals surface area contributed by atoms with Crippen molar-refractivity contribution in [2.45, 2.75) is 6.54 Å². The Morgan fingerprint density at radius 3 is 2.89 bits per heavy atom. The molecule has 96 valence electrons. The lowest BCUT2D eigenvalue weighted by atomic mass is 10.2. The standard InChI is InChI=1S/C12H9Cl2N5/c13-8-2-1-7(9(14)3-8)4-19-6-18-11(15)10-12(19)17-5-16-10/h1-3,5-6,15H,4H2,(H,16,17). The first kappa shape index (κ1) is 12.2. The molecule has 0 aliphatic carbocycles. The van der Waals surface area contributed by atoms with Crippen LogP contribution < -0.4 is 5.49 Å². The molecule has 0 saturated heterocycles. The average molecular weight is 294 g/mol. The number of benzene rings is 1. The Morgan fingerprint density at radius 1 is 1.26 bits per heavy atom. The highest BCUT2D eigenvalue weighted by Gasteiger charge is 2.07. The summed E-state index contributed by atoms with van der Waals surface area (Å²) in [5.41, 5.74) is 2.37. The van der Waals surface area contributed by atoms with Gasteiger partial charge in [-0.3, -0.25) is 5.41 Å². The Bertz CT molecular complexity index is 805. The third-order valence-corrected chi connectivity index (χ3v) is 3.40. The van der Waals surface area contributed by atoms with E-state index in [1.807, 2.05) is 10.6 Å². The Balaban J connectivity index is 2.08. The highest BCUT2D eigenvalue weighted by molar-refractivity contribution is 6.35. The van der Waals surface area contributed by atoms with Gasteiger partial charge in [0.15, 0.2) is 11.1 Å². The molecule has 0 aliphatic rings. The molecule has 0 aliphatic heterocycles. The van der Waals surface area contributed by atoms with Gasteiger partial charge in [0.25, 0.3) is 0 Å². The van der Waals surface area contributed by atoms with Gasteiger partial charge in [0.05, 0.1) is 19.2 Å². The van der Waals surface area contributed by atoms with Crippen molar-refractivity contribution in [2.24, 2.45) is 0 Å². The molecule has 7 heteroatoms. The minimum Gasteiger partial charge on any atom is -0.340 e. The summed E-state index contributed by atoms with van der Waals surface area (Å²) in [5, 5.41) is 8.88. The molecule has 19 heavy (non-hydrogen) atoms. The van der Waals surface area contributed by atoms with Crippen LogP contribution in [0.15, 0.2) is 30.9 Å². The predicted octanol–water partition coefficient (Wildman–Crippen LogP) is 2.59. The molecule has 5 nitrogen and oxygen atoms in total. The first-order valence-electron chi connectivity index (χ1n) is 5.52. The molecule has 0 bridgehead atoms. The monoisotopic (exact) mass is 293 g/mol. The maximum absolute atomic E-state index is 7.69. The van der Waals surface area contributed by atoms with E-state index in [9.17, 15) is 0 Å². The first-order valence-corrected chi connectivity index (χ1v) is 6.28. The van der Waals surface area contributed by atoms with E-state index in [-0.39, 0.29) is 5.49 Å². The Morgan fingerprint density at radius 2 is 2.11 bits per heavy atom.